The second-order valence-corrected chi connectivity index (χ2v) is 8.60. The summed E-state index contributed by atoms with van der Waals surface area (Å²) in [5.74, 6) is 0.574. The van der Waals surface area contributed by atoms with Gasteiger partial charge in [0.25, 0.3) is 5.91 Å². The Morgan fingerprint density at radius 2 is 2.14 bits per heavy atom. The Bertz CT molecular complexity index is 1020. The van der Waals surface area contributed by atoms with Crippen molar-refractivity contribution < 1.29 is 13.2 Å². The maximum Gasteiger partial charge on any atom is 0.256 e. The van der Waals surface area contributed by atoms with E-state index in [2.05, 4.69) is 39.1 Å². The first kappa shape index (κ1) is 19.9. The van der Waals surface area contributed by atoms with Crippen LogP contribution in [0.15, 0.2) is 36.1 Å². The molecule has 8 nitrogen and oxygen atoms in total. The molecule has 2 heterocycles. The second-order valence-electron chi connectivity index (χ2n) is 6.70. The number of nitrogens with zero attached hydrogens (tertiary/aromatic N) is 3. The standard InChI is InChI=1S/C19H23N5O3S/c1-4-10-20-18(25)14-11-21-19(28(3,26)27)24-17(14)23-15-9-8-13-7-6-12(5-2)16(13)22-15/h4,8-9,11-12H,1,5-7,10H2,2-3H3,(H,20,25)(H,21,22,23,24)/t12-/m0/s1. The number of sulfone groups is 1. The van der Waals surface area contributed by atoms with Crippen LogP contribution in [0.4, 0.5) is 11.6 Å². The van der Waals surface area contributed by atoms with E-state index in [0.29, 0.717) is 11.7 Å². The van der Waals surface area contributed by atoms with Crippen LogP contribution in [0.5, 0.6) is 0 Å². The lowest BCUT2D eigenvalue weighted by Gasteiger charge is -2.13. The Hall–Kier alpha value is -2.81. The largest absolute Gasteiger partial charge is 0.348 e. The molecule has 0 fully saturated rings. The molecule has 0 saturated carbocycles. The molecule has 1 amide bonds. The van der Waals surface area contributed by atoms with Gasteiger partial charge in [0.1, 0.15) is 17.2 Å². The van der Waals surface area contributed by atoms with Crippen molar-refractivity contribution in [1.82, 2.24) is 20.3 Å². The summed E-state index contributed by atoms with van der Waals surface area (Å²) in [6.07, 6.45) is 6.84. The number of carbonyl (C=O) groups is 1. The zero-order valence-corrected chi connectivity index (χ0v) is 16.7. The number of hydrogen-bond acceptors (Lipinski definition) is 7. The van der Waals surface area contributed by atoms with Gasteiger partial charge in [-0.1, -0.05) is 19.1 Å². The van der Waals surface area contributed by atoms with Crippen molar-refractivity contribution in [3.8, 4) is 0 Å². The molecular formula is C19H23N5O3S. The average Bonchev–Trinajstić information content (AvgIpc) is 3.07. The Morgan fingerprint density at radius 3 is 2.82 bits per heavy atom. The summed E-state index contributed by atoms with van der Waals surface area (Å²) in [5.41, 5.74) is 2.40. The van der Waals surface area contributed by atoms with Gasteiger partial charge in [-0.05, 0) is 30.9 Å². The van der Waals surface area contributed by atoms with Gasteiger partial charge in [0.2, 0.25) is 15.0 Å². The van der Waals surface area contributed by atoms with Gasteiger partial charge < -0.3 is 10.6 Å². The lowest BCUT2D eigenvalue weighted by Crippen LogP contribution is -2.25. The zero-order valence-electron chi connectivity index (χ0n) is 15.9. The second kappa shape index (κ2) is 8.05. The molecule has 148 valence electrons. The van der Waals surface area contributed by atoms with Gasteiger partial charge in [0.15, 0.2) is 0 Å². The molecule has 0 spiro atoms. The average molecular weight is 401 g/mol. The molecule has 0 unspecified atom stereocenters. The highest BCUT2D eigenvalue weighted by molar-refractivity contribution is 7.90. The van der Waals surface area contributed by atoms with Crippen molar-refractivity contribution in [2.24, 2.45) is 0 Å². The number of fused-ring (bicyclic) bond motifs is 1. The van der Waals surface area contributed by atoms with E-state index in [9.17, 15) is 13.2 Å². The number of aryl methyl sites for hydroxylation is 1. The lowest BCUT2D eigenvalue weighted by molar-refractivity contribution is 0.0958. The Kier molecular flexibility index (Phi) is 5.73. The molecule has 2 aromatic rings. The zero-order chi connectivity index (χ0) is 20.3. The predicted octanol–water partition coefficient (Wildman–Crippen LogP) is 2.37. The fraction of sp³-hybridized carbons (Fsp3) is 0.368. The van der Waals surface area contributed by atoms with E-state index in [1.807, 2.05) is 12.1 Å². The summed E-state index contributed by atoms with van der Waals surface area (Å²) in [6.45, 7) is 5.96. The molecule has 0 aromatic carbocycles. The van der Waals surface area contributed by atoms with Crippen LogP contribution in [-0.4, -0.2) is 42.1 Å². The van der Waals surface area contributed by atoms with Gasteiger partial charge in [-0.15, -0.1) is 6.58 Å². The summed E-state index contributed by atoms with van der Waals surface area (Å²) >= 11 is 0. The van der Waals surface area contributed by atoms with E-state index in [1.54, 1.807) is 6.08 Å². The molecule has 28 heavy (non-hydrogen) atoms. The fourth-order valence-electron chi connectivity index (χ4n) is 3.19. The fourth-order valence-corrected chi connectivity index (χ4v) is 3.69. The van der Waals surface area contributed by atoms with Gasteiger partial charge in [-0.3, -0.25) is 4.79 Å². The normalized spacial score (nSPS) is 15.7. The third kappa shape index (κ3) is 4.19. The SMILES string of the molecule is C=CCNC(=O)c1cnc(S(C)(=O)=O)nc1Nc1ccc2c(n1)[C@@H](CC)CC2. The minimum absolute atomic E-state index is 0.0930. The van der Waals surface area contributed by atoms with E-state index >= 15 is 0 Å². The smallest absolute Gasteiger partial charge is 0.256 e. The Morgan fingerprint density at radius 1 is 1.36 bits per heavy atom. The van der Waals surface area contributed by atoms with E-state index in [4.69, 9.17) is 0 Å². The van der Waals surface area contributed by atoms with E-state index < -0.39 is 15.7 Å². The van der Waals surface area contributed by atoms with Crippen molar-refractivity contribution >= 4 is 27.4 Å². The number of hydrogen-bond donors (Lipinski definition) is 2. The first-order valence-corrected chi connectivity index (χ1v) is 11.0. The van der Waals surface area contributed by atoms with E-state index in [0.717, 1.165) is 31.2 Å². The highest BCUT2D eigenvalue weighted by atomic mass is 32.2. The van der Waals surface area contributed by atoms with Gasteiger partial charge in [0, 0.05) is 30.6 Å². The molecule has 3 rings (SSSR count). The summed E-state index contributed by atoms with van der Waals surface area (Å²) in [7, 11) is -3.63. The number of anilines is 2. The topological polar surface area (TPSA) is 114 Å². The van der Waals surface area contributed by atoms with Crippen LogP contribution in [0.3, 0.4) is 0 Å². The van der Waals surface area contributed by atoms with Gasteiger partial charge in [-0.25, -0.2) is 18.4 Å². The summed E-state index contributed by atoms with van der Waals surface area (Å²) < 4.78 is 23.7. The van der Waals surface area contributed by atoms with Crippen molar-refractivity contribution in [2.45, 2.75) is 37.3 Å². The maximum absolute atomic E-state index is 12.4. The van der Waals surface area contributed by atoms with Gasteiger partial charge in [0.05, 0.1) is 0 Å². The van der Waals surface area contributed by atoms with Crippen LogP contribution in [0, 0.1) is 0 Å². The molecule has 9 heteroatoms. The summed E-state index contributed by atoms with van der Waals surface area (Å²) in [5, 5.41) is 5.29. The highest BCUT2D eigenvalue weighted by Gasteiger charge is 2.24. The molecular weight excluding hydrogens is 378 g/mol. The summed E-state index contributed by atoms with van der Waals surface area (Å²) in [4.78, 5) is 25.0. The van der Waals surface area contributed by atoms with Crippen LogP contribution in [0.1, 0.15) is 47.3 Å². The van der Waals surface area contributed by atoms with Gasteiger partial charge in [-0.2, -0.15) is 4.98 Å². The molecule has 2 aromatic heterocycles. The van der Waals surface area contributed by atoms with E-state index in [1.165, 1.54) is 11.8 Å². The first-order chi connectivity index (χ1) is 13.3. The highest BCUT2D eigenvalue weighted by Crippen LogP contribution is 2.35. The van der Waals surface area contributed by atoms with Crippen LogP contribution >= 0.6 is 0 Å². The molecule has 1 aliphatic carbocycles. The molecule has 1 aliphatic rings. The minimum atomic E-state index is -3.63. The molecule has 1 atom stereocenters. The van der Waals surface area contributed by atoms with E-state index in [-0.39, 0.29) is 23.1 Å². The number of rotatable bonds is 7. The van der Waals surface area contributed by atoms with Crippen molar-refractivity contribution in [2.75, 3.05) is 18.1 Å². The molecule has 2 N–H and O–H groups in total. The van der Waals surface area contributed by atoms with Crippen LogP contribution < -0.4 is 10.6 Å². The third-order valence-electron chi connectivity index (χ3n) is 4.65. The number of nitrogens with one attached hydrogen (secondary N) is 2. The molecule has 0 bridgehead atoms. The van der Waals surface area contributed by atoms with Crippen LogP contribution in [-0.2, 0) is 16.3 Å². The number of amides is 1. The molecule has 0 saturated heterocycles. The van der Waals surface area contributed by atoms with Crippen molar-refractivity contribution in [1.29, 1.82) is 0 Å². The Labute approximate surface area is 164 Å². The van der Waals surface area contributed by atoms with Gasteiger partial charge >= 0.3 is 0 Å². The third-order valence-corrected chi connectivity index (χ3v) is 5.51. The van der Waals surface area contributed by atoms with Crippen molar-refractivity contribution in [3.63, 3.8) is 0 Å². The molecule has 0 radical (unpaired) electrons. The monoisotopic (exact) mass is 401 g/mol. The lowest BCUT2D eigenvalue weighted by atomic mass is 10.0. The number of aromatic nitrogens is 3. The van der Waals surface area contributed by atoms with Crippen LogP contribution in [0.2, 0.25) is 0 Å². The van der Waals surface area contributed by atoms with Crippen LogP contribution in [0.25, 0.3) is 0 Å². The number of carbonyl (C=O) groups excluding carboxylic acids is 1. The molecule has 0 aliphatic heterocycles. The number of pyridine rings is 1. The van der Waals surface area contributed by atoms with Crippen molar-refractivity contribution in [3.05, 3.63) is 47.8 Å². The quantitative estimate of drug-likeness (QED) is 0.541. The minimum Gasteiger partial charge on any atom is -0.348 e. The Balaban J connectivity index is 1.99. The maximum atomic E-state index is 12.4. The predicted molar refractivity (Wildman–Crippen MR) is 107 cm³/mol. The summed E-state index contributed by atoms with van der Waals surface area (Å²) in [6, 6.07) is 3.82. The first-order valence-electron chi connectivity index (χ1n) is 9.06.